The normalized spacial score (nSPS) is 15.6. The molecule has 96 valence electrons. The van der Waals surface area contributed by atoms with Crippen molar-refractivity contribution in [3.8, 4) is 0 Å². The molecule has 2 atom stereocenters. The van der Waals surface area contributed by atoms with Gasteiger partial charge in [0.15, 0.2) is 0 Å². The monoisotopic (exact) mass is 246 g/mol. The number of thioether (sulfide) groups is 1. The summed E-state index contributed by atoms with van der Waals surface area (Å²) in [5.41, 5.74) is 5.56. The van der Waals surface area contributed by atoms with Crippen LogP contribution in [0, 0.1) is 0 Å². The van der Waals surface area contributed by atoms with E-state index in [1.54, 1.807) is 11.8 Å². The molecule has 0 rings (SSSR count). The molecule has 0 radical (unpaired) electrons. The summed E-state index contributed by atoms with van der Waals surface area (Å²) in [6.07, 6.45) is 1.90. The molecule has 16 heavy (non-hydrogen) atoms. The van der Waals surface area contributed by atoms with Crippen LogP contribution in [-0.4, -0.2) is 28.5 Å². The Morgan fingerprint density at radius 1 is 1.44 bits per heavy atom. The third-order valence-corrected chi connectivity index (χ3v) is 3.84. The molecule has 0 aromatic heterocycles. The van der Waals surface area contributed by atoms with Gasteiger partial charge in [-0.15, -0.1) is 11.8 Å². The minimum Gasteiger partial charge on any atom is -0.350 e. The number of carbonyl (C=O) groups is 1. The van der Waals surface area contributed by atoms with Gasteiger partial charge in [-0.3, -0.25) is 4.79 Å². The van der Waals surface area contributed by atoms with Crippen molar-refractivity contribution in [1.82, 2.24) is 5.32 Å². The van der Waals surface area contributed by atoms with Crippen LogP contribution in [-0.2, 0) is 4.79 Å². The third kappa shape index (κ3) is 7.12. The SMILES string of the molecule is CCC(C)(C)NC(=O)C(C)SCCC(C)N. The van der Waals surface area contributed by atoms with Crippen molar-refractivity contribution >= 4 is 17.7 Å². The van der Waals surface area contributed by atoms with E-state index in [2.05, 4.69) is 12.2 Å². The number of rotatable bonds is 7. The Bertz CT molecular complexity index is 217. The molecule has 0 spiro atoms. The highest BCUT2D eigenvalue weighted by Crippen LogP contribution is 2.15. The van der Waals surface area contributed by atoms with Crippen LogP contribution in [0.2, 0.25) is 0 Å². The molecule has 3 N–H and O–H groups in total. The minimum atomic E-state index is -0.104. The maximum absolute atomic E-state index is 11.8. The van der Waals surface area contributed by atoms with E-state index in [0.29, 0.717) is 0 Å². The van der Waals surface area contributed by atoms with Crippen molar-refractivity contribution in [2.24, 2.45) is 5.73 Å². The Balaban J connectivity index is 3.91. The molecule has 0 aromatic carbocycles. The van der Waals surface area contributed by atoms with Gasteiger partial charge in [-0.25, -0.2) is 0 Å². The second-order valence-corrected chi connectivity index (χ2v) is 6.45. The molecular formula is C12H26N2OS. The molecule has 0 aliphatic rings. The first-order valence-electron chi connectivity index (χ1n) is 5.97. The molecule has 0 saturated heterocycles. The van der Waals surface area contributed by atoms with Crippen LogP contribution in [0.25, 0.3) is 0 Å². The Labute approximate surface area is 104 Å². The van der Waals surface area contributed by atoms with Crippen LogP contribution in [0.1, 0.15) is 47.5 Å². The summed E-state index contributed by atoms with van der Waals surface area (Å²) >= 11 is 1.67. The summed E-state index contributed by atoms with van der Waals surface area (Å²) in [6.45, 7) is 10.1. The Kier molecular flexibility index (Phi) is 7.07. The fourth-order valence-corrected chi connectivity index (χ4v) is 2.10. The first-order chi connectivity index (χ1) is 7.28. The fourth-order valence-electron chi connectivity index (χ4n) is 1.03. The largest absolute Gasteiger partial charge is 0.350 e. The molecule has 0 saturated carbocycles. The van der Waals surface area contributed by atoms with Crippen molar-refractivity contribution in [2.75, 3.05) is 5.75 Å². The maximum atomic E-state index is 11.8. The van der Waals surface area contributed by atoms with Crippen LogP contribution in [0.5, 0.6) is 0 Å². The number of nitrogens with one attached hydrogen (secondary N) is 1. The summed E-state index contributed by atoms with van der Waals surface area (Å²) in [4.78, 5) is 11.8. The van der Waals surface area contributed by atoms with E-state index in [1.165, 1.54) is 0 Å². The van der Waals surface area contributed by atoms with Crippen LogP contribution in [0.15, 0.2) is 0 Å². The van der Waals surface area contributed by atoms with Gasteiger partial charge in [-0.2, -0.15) is 0 Å². The van der Waals surface area contributed by atoms with Crippen LogP contribution < -0.4 is 11.1 Å². The van der Waals surface area contributed by atoms with Crippen LogP contribution in [0.3, 0.4) is 0 Å². The second kappa shape index (κ2) is 7.17. The summed E-state index contributed by atoms with van der Waals surface area (Å²) in [6, 6.07) is 0.217. The number of hydrogen-bond acceptors (Lipinski definition) is 3. The molecule has 0 aliphatic heterocycles. The Morgan fingerprint density at radius 3 is 2.44 bits per heavy atom. The highest BCUT2D eigenvalue weighted by Gasteiger charge is 2.21. The Hall–Kier alpha value is -0.220. The zero-order valence-corrected chi connectivity index (χ0v) is 12.0. The van der Waals surface area contributed by atoms with Gasteiger partial charge in [0.05, 0.1) is 5.25 Å². The molecule has 0 fully saturated rings. The van der Waals surface area contributed by atoms with Gasteiger partial charge in [0.25, 0.3) is 0 Å². The van der Waals surface area contributed by atoms with Gasteiger partial charge >= 0.3 is 0 Å². The predicted octanol–water partition coefficient (Wildman–Crippen LogP) is 2.15. The molecule has 1 amide bonds. The standard InChI is InChI=1S/C12H26N2OS/c1-6-12(4,5)14-11(15)10(3)16-8-7-9(2)13/h9-10H,6-8,13H2,1-5H3,(H,14,15). The lowest BCUT2D eigenvalue weighted by Crippen LogP contribution is -2.46. The zero-order valence-electron chi connectivity index (χ0n) is 11.2. The second-order valence-electron chi connectivity index (χ2n) is 5.01. The van der Waals surface area contributed by atoms with Gasteiger partial charge in [-0.1, -0.05) is 6.92 Å². The molecule has 0 bridgehead atoms. The molecule has 2 unspecified atom stereocenters. The molecule has 0 aromatic rings. The number of hydrogen-bond donors (Lipinski definition) is 2. The van der Waals surface area contributed by atoms with E-state index in [-0.39, 0.29) is 22.7 Å². The van der Waals surface area contributed by atoms with Crippen molar-refractivity contribution in [2.45, 2.75) is 64.3 Å². The number of nitrogens with two attached hydrogens (primary N) is 1. The van der Waals surface area contributed by atoms with E-state index in [1.807, 2.05) is 27.7 Å². The lowest BCUT2D eigenvalue weighted by molar-refractivity contribution is -0.121. The van der Waals surface area contributed by atoms with E-state index in [4.69, 9.17) is 5.73 Å². The predicted molar refractivity (Wildman–Crippen MR) is 72.7 cm³/mol. The van der Waals surface area contributed by atoms with Gasteiger partial charge in [0.2, 0.25) is 5.91 Å². The summed E-state index contributed by atoms with van der Waals surface area (Å²) in [5, 5.41) is 3.06. The van der Waals surface area contributed by atoms with Gasteiger partial charge in [0.1, 0.15) is 0 Å². The lowest BCUT2D eigenvalue weighted by atomic mass is 10.0. The highest BCUT2D eigenvalue weighted by atomic mass is 32.2. The molecule has 0 aliphatic carbocycles. The Morgan fingerprint density at radius 2 is 2.00 bits per heavy atom. The topological polar surface area (TPSA) is 55.1 Å². The molecular weight excluding hydrogens is 220 g/mol. The molecule has 3 nitrogen and oxygen atoms in total. The minimum absolute atomic E-state index is 0.00424. The highest BCUT2D eigenvalue weighted by molar-refractivity contribution is 8.00. The number of carbonyl (C=O) groups excluding carboxylic acids is 1. The zero-order chi connectivity index (χ0) is 12.8. The average Bonchev–Trinajstić information content (AvgIpc) is 2.16. The summed E-state index contributed by atoms with van der Waals surface area (Å²) in [5.74, 6) is 1.07. The van der Waals surface area contributed by atoms with E-state index < -0.39 is 0 Å². The van der Waals surface area contributed by atoms with Crippen molar-refractivity contribution in [1.29, 1.82) is 0 Å². The maximum Gasteiger partial charge on any atom is 0.233 e. The third-order valence-electron chi connectivity index (χ3n) is 2.66. The van der Waals surface area contributed by atoms with Crippen molar-refractivity contribution in [3.63, 3.8) is 0 Å². The fraction of sp³-hybridized carbons (Fsp3) is 0.917. The first-order valence-corrected chi connectivity index (χ1v) is 7.02. The van der Waals surface area contributed by atoms with Gasteiger partial charge < -0.3 is 11.1 Å². The smallest absolute Gasteiger partial charge is 0.233 e. The average molecular weight is 246 g/mol. The van der Waals surface area contributed by atoms with Crippen LogP contribution in [0.4, 0.5) is 0 Å². The van der Waals surface area contributed by atoms with Crippen molar-refractivity contribution < 1.29 is 4.79 Å². The first kappa shape index (κ1) is 15.8. The molecule has 4 heteroatoms. The summed E-state index contributed by atoms with van der Waals surface area (Å²) < 4.78 is 0. The van der Waals surface area contributed by atoms with E-state index in [0.717, 1.165) is 18.6 Å². The molecule has 0 heterocycles. The van der Waals surface area contributed by atoms with E-state index in [9.17, 15) is 4.79 Å². The number of amides is 1. The quantitative estimate of drug-likeness (QED) is 0.723. The summed E-state index contributed by atoms with van der Waals surface area (Å²) in [7, 11) is 0. The van der Waals surface area contributed by atoms with E-state index >= 15 is 0 Å². The van der Waals surface area contributed by atoms with Crippen molar-refractivity contribution in [3.05, 3.63) is 0 Å². The van der Waals surface area contributed by atoms with Crippen LogP contribution >= 0.6 is 11.8 Å². The van der Waals surface area contributed by atoms with Gasteiger partial charge in [-0.05, 0) is 46.3 Å². The lowest BCUT2D eigenvalue weighted by Gasteiger charge is -2.26. The van der Waals surface area contributed by atoms with Gasteiger partial charge in [0, 0.05) is 11.6 Å².